The molecule has 2 rings (SSSR count). The molecule has 0 aromatic heterocycles. The van der Waals surface area contributed by atoms with Crippen molar-refractivity contribution in [3.05, 3.63) is 35.1 Å². The second-order valence-electron chi connectivity index (χ2n) is 3.79. The van der Waals surface area contributed by atoms with Crippen LogP contribution >= 0.6 is 0 Å². The smallest absolute Gasteiger partial charge is 0.124 e. The molecule has 3 heteroatoms. The van der Waals surface area contributed by atoms with Crippen LogP contribution in [0.4, 0.5) is 4.39 Å². The van der Waals surface area contributed by atoms with Crippen molar-refractivity contribution in [3.63, 3.8) is 0 Å². The maximum Gasteiger partial charge on any atom is 0.124 e. The topological polar surface area (TPSA) is 32.6 Å². The molecular weight excluding hydrogens is 193 g/mol. The average Bonchev–Trinajstić information content (AvgIpc) is 2.29. The van der Waals surface area contributed by atoms with Gasteiger partial charge in [-0.2, -0.15) is 0 Å². The van der Waals surface area contributed by atoms with E-state index in [1.165, 1.54) is 12.1 Å². The molecule has 15 heavy (non-hydrogen) atoms. The van der Waals surface area contributed by atoms with Gasteiger partial charge < -0.3 is 5.11 Å². The van der Waals surface area contributed by atoms with Gasteiger partial charge in [0, 0.05) is 12.3 Å². The molecule has 0 spiro atoms. The number of aliphatic hydroxyl groups excluding tert-OH is 1. The number of aliphatic hydroxyl groups is 1. The Hall–Kier alpha value is -1.22. The van der Waals surface area contributed by atoms with Gasteiger partial charge in [-0.1, -0.05) is 0 Å². The van der Waals surface area contributed by atoms with Crippen LogP contribution in [-0.4, -0.2) is 17.4 Å². The van der Waals surface area contributed by atoms with E-state index >= 15 is 0 Å². The normalized spacial score (nSPS) is 16.3. The molecule has 1 aliphatic heterocycles. The molecule has 0 saturated heterocycles. The predicted molar refractivity (Wildman–Crippen MR) is 57.6 cm³/mol. The number of aliphatic imine (C=N–C) groups is 1. The lowest BCUT2D eigenvalue weighted by atomic mass is 10.00. The van der Waals surface area contributed by atoms with E-state index in [1.54, 1.807) is 0 Å². The first kappa shape index (κ1) is 10.3. The summed E-state index contributed by atoms with van der Waals surface area (Å²) < 4.78 is 13.2. The fraction of sp³-hybridized carbons (Fsp3) is 0.417. The van der Waals surface area contributed by atoms with E-state index in [4.69, 9.17) is 5.11 Å². The molecule has 1 heterocycles. The first-order chi connectivity index (χ1) is 7.29. The third kappa shape index (κ3) is 2.42. The minimum atomic E-state index is -0.301. The van der Waals surface area contributed by atoms with E-state index in [0.29, 0.717) is 5.56 Å². The summed E-state index contributed by atoms with van der Waals surface area (Å²) in [4.78, 5) is 4.38. The first-order valence-electron chi connectivity index (χ1n) is 5.23. The van der Waals surface area contributed by atoms with Crippen LogP contribution in [0.1, 0.15) is 30.4 Å². The van der Waals surface area contributed by atoms with Gasteiger partial charge in [-0.05, 0) is 48.6 Å². The third-order valence-electron chi connectivity index (χ3n) is 2.60. The number of benzene rings is 1. The van der Waals surface area contributed by atoms with Gasteiger partial charge in [0.05, 0.1) is 6.61 Å². The maximum absolute atomic E-state index is 13.2. The van der Waals surface area contributed by atoms with Gasteiger partial charge in [0.2, 0.25) is 0 Å². The number of halogens is 1. The zero-order valence-corrected chi connectivity index (χ0v) is 8.54. The van der Waals surface area contributed by atoms with Crippen LogP contribution < -0.4 is 0 Å². The molecule has 0 amide bonds. The van der Waals surface area contributed by atoms with Crippen molar-refractivity contribution < 1.29 is 9.50 Å². The Kier molecular flexibility index (Phi) is 3.11. The quantitative estimate of drug-likeness (QED) is 0.792. The van der Waals surface area contributed by atoms with Crippen molar-refractivity contribution in [1.29, 1.82) is 0 Å². The van der Waals surface area contributed by atoms with E-state index < -0.39 is 0 Å². The number of nitrogens with zero attached hydrogens (tertiary/aromatic N) is 1. The van der Waals surface area contributed by atoms with Gasteiger partial charge in [0.25, 0.3) is 0 Å². The van der Waals surface area contributed by atoms with E-state index in [1.807, 2.05) is 6.07 Å². The summed E-state index contributed by atoms with van der Waals surface area (Å²) in [6.07, 6.45) is 3.14. The van der Waals surface area contributed by atoms with Gasteiger partial charge in [-0.3, -0.25) is 4.99 Å². The Bertz CT molecular complexity index is 387. The SMILES string of the molecule is OCc1cc(F)cc(C2=NCCCC2)c1. The van der Waals surface area contributed by atoms with E-state index in [-0.39, 0.29) is 12.4 Å². The minimum absolute atomic E-state index is 0.127. The molecule has 2 nitrogen and oxygen atoms in total. The van der Waals surface area contributed by atoms with Crippen LogP contribution in [0.15, 0.2) is 23.2 Å². The van der Waals surface area contributed by atoms with E-state index in [9.17, 15) is 4.39 Å². The molecule has 0 aliphatic carbocycles. The molecule has 0 unspecified atom stereocenters. The van der Waals surface area contributed by atoms with Crippen molar-refractivity contribution in [2.45, 2.75) is 25.9 Å². The molecule has 0 fully saturated rings. The molecule has 0 saturated carbocycles. The van der Waals surface area contributed by atoms with E-state index in [0.717, 1.165) is 37.1 Å². The minimum Gasteiger partial charge on any atom is -0.392 e. The Morgan fingerprint density at radius 2 is 2.13 bits per heavy atom. The second kappa shape index (κ2) is 4.53. The average molecular weight is 207 g/mol. The summed E-state index contributed by atoms with van der Waals surface area (Å²) in [5.74, 6) is -0.301. The number of hydrogen-bond donors (Lipinski definition) is 1. The number of hydrogen-bond acceptors (Lipinski definition) is 2. The highest BCUT2D eigenvalue weighted by Crippen LogP contribution is 2.16. The summed E-state index contributed by atoms with van der Waals surface area (Å²) in [7, 11) is 0. The molecular formula is C12H14FNO. The van der Waals surface area contributed by atoms with Gasteiger partial charge in [-0.15, -0.1) is 0 Å². The van der Waals surface area contributed by atoms with Gasteiger partial charge in [0.1, 0.15) is 5.82 Å². The lowest BCUT2D eigenvalue weighted by Crippen LogP contribution is -2.08. The molecule has 1 N–H and O–H groups in total. The van der Waals surface area contributed by atoms with Crippen LogP contribution in [0.25, 0.3) is 0 Å². The molecule has 1 aromatic rings. The standard InChI is InChI=1S/C12H14FNO/c13-11-6-9(8-15)5-10(7-11)12-3-1-2-4-14-12/h5-7,15H,1-4,8H2. The predicted octanol–water partition coefficient (Wildman–Crippen LogP) is 2.29. The van der Waals surface area contributed by atoms with E-state index in [2.05, 4.69) is 4.99 Å². The molecule has 0 bridgehead atoms. The Labute approximate surface area is 88.5 Å². The fourth-order valence-electron chi connectivity index (χ4n) is 1.84. The first-order valence-corrected chi connectivity index (χ1v) is 5.23. The maximum atomic E-state index is 13.2. The lowest BCUT2D eigenvalue weighted by Gasteiger charge is -2.12. The monoisotopic (exact) mass is 207 g/mol. The molecule has 0 radical (unpaired) electrons. The van der Waals surface area contributed by atoms with Crippen molar-refractivity contribution in [2.24, 2.45) is 4.99 Å². The van der Waals surface area contributed by atoms with Crippen LogP contribution in [0, 0.1) is 5.82 Å². The highest BCUT2D eigenvalue weighted by molar-refractivity contribution is 6.01. The van der Waals surface area contributed by atoms with Crippen molar-refractivity contribution in [2.75, 3.05) is 6.54 Å². The van der Waals surface area contributed by atoms with Gasteiger partial charge in [0.15, 0.2) is 0 Å². The fourth-order valence-corrected chi connectivity index (χ4v) is 1.84. The molecule has 80 valence electrons. The van der Waals surface area contributed by atoms with Crippen LogP contribution in [0.5, 0.6) is 0 Å². The summed E-state index contributed by atoms with van der Waals surface area (Å²) in [6, 6.07) is 4.66. The Morgan fingerprint density at radius 1 is 1.27 bits per heavy atom. The molecule has 0 atom stereocenters. The zero-order chi connectivity index (χ0) is 10.7. The summed E-state index contributed by atoms with van der Waals surface area (Å²) in [5, 5.41) is 8.98. The summed E-state index contributed by atoms with van der Waals surface area (Å²) in [6.45, 7) is 0.707. The van der Waals surface area contributed by atoms with Crippen molar-refractivity contribution in [1.82, 2.24) is 0 Å². The van der Waals surface area contributed by atoms with Gasteiger partial charge >= 0.3 is 0 Å². The van der Waals surface area contributed by atoms with Crippen LogP contribution in [-0.2, 0) is 6.61 Å². The number of rotatable bonds is 2. The highest BCUT2D eigenvalue weighted by Gasteiger charge is 2.09. The summed E-state index contributed by atoms with van der Waals surface area (Å²) in [5.41, 5.74) is 2.40. The second-order valence-corrected chi connectivity index (χ2v) is 3.79. The molecule has 1 aliphatic rings. The Balaban J connectivity index is 2.34. The Morgan fingerprint density at radius 3 is 2.80 bits per heavy atom. The van der Waals surface area contributed by atoms with Gasteiger partial charge in [-0.25, -0.2) is 4.39 Å². The van der Waals surface area contributed by atoms with Crippen LogP contribution in [0.2, 0.25) is 0 Å². The van der Waals surface area contributed by atoms with Crippen LogP contribution in [0.3, 0.4) is 0 Å². The summed E-state index contributed by atoms with van der Waals surface area (Å²) >= 11 is 0. The lowest BCUT2D eigenvalue weighted by molar-refractivity contribution is 0.281. The molecule has 1 aromatic carbocycles. The van der Waals surface area contributed by atoms with Crippen molar-refractivity contribution >= 4 is 5.71 Å². The third-order valence-corrected chi connectivity index (χ3v) is 2.60. The highest BCUT2D eigenvalue weighted by atomic mass is 19.1. The van der Waals surface area contributed by atoms with Crippen molar-refractivity contribution in [3.8, 4) is 0 Å². The largest absolute Gasteiger partial charge is 0.392 e. The zero-order valence-electron chi connectivity index (χ0n) is 8.54.